The van der Waals surface area contributed by atoms with Gasteiger partial charge >= 0.3 is 0 Å². The number of aliphatic hydroxyl groups is 1. The van der Waals surface area contributed by atoms with Crippen molar-refractivity contribution in [2.75, 3.05) is 14.2 Å². The Bertz CT molecular complexity index is 400. The standard InChI is InChI=1S/C12H17BrO3/c1-6-9(8(3)14)12(16-5)11(15-4)7(2)10(6)13/h8,14H,1-5H3. The molecule has 16 heavy (non-hydrogen) atoms. The van der Waals surface area contributed by atoms with E-state index < -0.39 is 6.10 Å². The first-order chi connectivity index (χ1) is 7.45. The molecule has 0 spiro atoms. The third-order valence-electron chi connectivity index (χ3n) is 2.68. The molecule has 0 saturated carbocycles. The Morgan fingerprint density at radius 2 is 1.56 bits per heavy atom. The fraction of sp³-hybridized carbons (Fsp3) is 0.500. The van der Waals surface area contributed by atoms with E-state index in [4.69, 9.17) is 9.47 Å². The average molecular weight is 289 g/mol. The summed E-state index contributed by atoms with van der Waals surface area (Å²) in [6.07, 6.45) is -0.597. The second-order valence-electron chi connectivity index (χ2n) is 3.72. The van der Waals surface area contributed by atoms with Crippen LogP contribution in [0.1, 0.15) is 29.7 Å². The quantitative estimate of drug-likeness (QED) is 0.929. The first kappa shape index (κ1) is 13.3. The van der Waals surface area contributed by atoms with Crippen LogP contribution in [0.3, 0.4) is 0 Å². The van der Waals surface area contributed by atoms with Gasteiger partial charge in [0, 0.05) is 15.6 Å². The van der Waals surface area contributed by atoms with Gasteiger partial charge in [-0.05, 0) is 26.3 Å². The lowest BCUT2D eigenvalue weighted by Gasteiger charge is -2.21. The van der Waals surface area contributed by atoms with Crippen molar-refractivity contribution in [1.82, 2.24) is 0 Å². The van der Waals surface area contributed by atoms with Gasteiger partial charge in [-0.2, -0.15) is 0 Å². The minimum Gasteiger partial charge on any atom is -0.493 e. The number of hydrogen-bond acceptors (Lipinski definition) is 3. The molecule has 0 radical (unpaired) electrons. The van der Waals surface area contributed by atoms with Gasteiger partial charge in [0.1, 0.15) is 0 Å². The van der Waals surface area contributed by atoms with Crippen molar-refractivity contribution in [2.24, 2.45) is 0 Å². The van der Waals surface area contributed by atoms with Gasteiger partial charge in [0.25, 0.3) is 0 Å². The van der Waals surface area contributed by atoms with Gasteiger partial charge in [0.15, 0.2) is 11.5 Å². The van der Waals surface area contributed by atoms with E-state index in [1.165, 1.54) is 0 Å². The third-order valence-corrected chi connectivity index (χ3v) is 3.87. The molecule has 1 unspecified atom stereocenters. The summed E-state index contributed by atoms with van der Waals surface area (Å²) in [5.74, 6) is 1.27. The molecule has 0 aliphatic heterocycles. The predicted octanol–water partition coefficient (Wildman–Crippen LogP) is 3.14. The maximum Gasteiger partial charge on any atom is 0.167 e. The van der Waals surface area contributed by atoms with Crippen LogP contribution in [-0.2, 0) is 0 Å². The molecule has 0 aromatic heterocycles. The normalized spacial score (nSPS) is 12.4. The molecule has 0 saturated heterocycles. The second-order valence-corrected chi connectivity index (χ2v) is 4.51. The van der Waals surface area contributed by atoms with E-state index in [0.29, 0.717) is 11.5 Å². The van der Waals surface area contributed by atoms with Gasteiger partial charge in [-0.1, -0.05) is 15.9 Å². The second kappa shape index (κ2) is 5.06. The van der Waals surface area contributed by atoms with Gasteiger partial charge < -0.3 is 14.6 Å². The Morgan fingerprint density at radius 1 is 1.06 bits per heavy atom. The van der Waals surface area contributed by atoms with Gasteiger partial charge in [0.2, 0.25) is 0 Å². The smallest absolute Gasteiger partial charge is 0.167 e. The zero-order valence-electron chi connectivity index (χ0n) is 10.2. The van der Waals surface area contributed by atoms with E-state index in [1.54, 1.807) is 21.1 Å². The Balaban J connectivity index is 3.65. The number of aliphatic hydroxyl groups excluding tert-OH is 1. The van der Waals surface area contributed by atoms with E-state index in [0.717, 1.165) is 21.2 Å². The van der Waals surface area contributed by atoms with Crippen LogP contribution in [0.5, 0.6) is 11.5 Å². The van der Waals surface area contributed by atoms with Crippen LogP contribution < -0.4 is 9.47 Å². The van der Waals surface area contributed by atoms with Crippen molar-refractivity contribution in [3.05, 3.63) is 21.2 Å². The highest BCUT2D eigenvalue weighted by Crippen LogP contribution is 2.44. The van der Waals surface area contributed by atoms with Crippen molar-refractivity contribution in [3.8, 4) is 11.5 Å². The van der Waals surface area contributed by atoms with Crippen LogP contribution in [-0.4, -0.2) is 19.3 Å². The first-order valence-electron chi connectivity index (χ1n) is 5.04. The van der Waals surface area contributed by atoms with Gasteiger partial charge in [-0.15, -0.1) is 0 Å². The lowest BCUT2D eigenvalue weighted by atomic mass is 9.99. The van der Waals surface area contributed by atoms with Crippen LogP contribution in [0.25, 0.3) is 0 Å². The number of ether oxygens (including phenoxy) is 2. The Hall–Kier alpha value is -0.740. The largest absolute Gasteiger partial charge is 0.493 e. The van der Waals surface area contributed by atoms with Crippen LogP contribution in [0.15, 0.2) is 4.47 Å². The molecule has 4 heteroatoms. The molecular weight excluding hydrogens is 272 g/mol. The number of methoxy groups -OCH3 is 2. The molecule has 1 aromatic rings. The van der Waals surface area contributed by atoms with Crippen molar-refractivity contribution in [3.63, 3.8) is 0 Å². The minimum absolute atomic E-state index is 0.597. The maximum absolute atomic E-state index is 9.80. The summed E-state index contributed by atoms with van der Waals surface area (Å²) < 4.78 is 11.6. The summed E-state index contributed by atoms with van der Waals surface area (Å²) in [4.78, 5) is 0. The number of halogens is 1. The molecule has 1 atom stereocenters. The van der Waals surface area contributed by atoms with E-state index in [9.17, 15) is 5.11 Å². The van der Waals surface area contributed by atoms with E-state index in [1.807, 2.05) is 13.8 Å². The predicted molar refractivity (Wildman–Crippen MR) is 67.4 cm³/mol. The van der Waals surface area contributed by atoms with Crippen molar-refractivity contribution < 1.29 is 14.6 Å². The van der Waals surface area contributed by atoms with E-state index in [-0.39, 0.29) is 0 Å². The van der Waals surface area contributed by atoms with Gasteiger partial charge in [0.05, 0.1) is 20.3 Å². The maximum atomic E-state index is 9.80. The fourth-order valence-electron chi connectivity index (χ4n) is 1.91. The zero-order chi connectivity index (χ0) is 12.5. The lowest BCUT2D eigenvalue weighted by Crippen LogP contribution is -2.05. The van der Waals surface area contributed by atoms with Gasteiger partial charge in [-0.25, -0.2) is 0 Å². The van der Waals surface area contributed by atoms with Crippen LogP contribution in [0.2, 0.25) is 0 Å². The molecule has 0 heterocycles. The summed E-state index contributed by atoms with van der Waals surface area (Å²) >= 11 is 3.51. The summed E-state index contributed by atoms with van der Waals surface area (Å²) in [5, 5.41) is 9.80. The highest BCUT2D eigenvalue weighted by Gasteiger charge is 2.22. The highest BCUT2D eigenvalue weighted by molar-refractivity contribution is 9.10. The molecule has 0 aliphatic rings. The lowest BCUT2D eigenvalue weighted by molar-refractivity contribution is 0.192. The Kier molecular flexibility index (Phi) is 4.21. The topological polar surface area (TPSA) is 38.7 Å². The summed E-state index contributed by atoms with van der Waals surface area (Å²) in [6, 6.07) is 0. The monoisotopic (exact) mass is 288 g/mol. The summed E-state index contributed by atoms with van der Waals surface area (Å²) in [5.41, 5.74) is 2.71. The van der Waals surface area contributed by atoms with Crippen molar-refractivity contribution in [2.45, 2.75) is 26.9 Å². The molecular formula is C12H17BrO3. The van der Waals surface area contributed by atoms with Crippen molar-refractivity contribution in [1.29, 1.82) is 0 Å². The van der Waals surface area contributed by atoms with Crippen LogP contribution in [0, 0.1) is 13.8 Å². The first-order valence-corrected chi connectivity index (χ1v) is 5.83. The molecule has 0 amide bonds. The molecule has 1 N–H and O–H groups in total. The number of benzene rings is 1. The summed E-state index contributed by atoms with van der Waals surface area (Å²) in [7, 11) is 3.18. The summed E-state index contributed by atoms with van der Waals surface area (Å²) in [6.45, 7) is 5.61. The van der Waals surface area contributed by atoms with E-state index >= 15 is 0 Å². The minimum atomic E-state index is -0.597. The molecule has 90 valence electrons. The Morgan fingerprint density at radius 3 is 1.94 bits per heavy atom. The van der Waals surface area contributed by atoms with Crippen LogP contribution >= 0.6 is 15.9 Å². The molecule has 1 rings (SSSR count). The van der Waals surface area contributed by atoms with Crippen molar-refractivity contribution >= 4 is 15.9 Å². The molecule has 1 aromatic carbocycles. The molecule has 0 aliphatic carbocycles. The number of rotatable bonds is 3. The highest BCUT2D eigenvalue weighted by atomic mass is 79.9. The van der Waals surface area contributed by atoms with Gasteiger partial charge in [-0.3, -0.25) is 0 Å². The SMILES string of the molecule is COc1c(C)c(Br)c(C)c(C(C)O)c1OC. The fourth-order valence-corrected chi connectivity index (χ4v) is 2.31. The third kappa shape index (κ3) is 2.04. The Labute approximate surface area is 105 Å². The average Bonchev–Trinajstić information content (AvgIpc) is 2.24. The molecule has 3 nitrogen and oxygen atoms in total. The molecule has 0 bridgehead atoms. The van der Waals surface area contributed by atoms with E-state index in [2.05, 4.69) is 15.9 Å². The zero-order valence-corrected chi connectivity index (χ0v) is 11.8. The molecule has 0 fully saturated rings. The number of hydrogen-bond donors (Lipinski definition) is 1. The van der Waals surface area contributed by atoms with Crippen LogP contribution in [0.4, 0.5) is 0 Å².